The molecule has 0 aromatic heterocycles. The van der Waals surface area contributed by atoms with E-state index in [0.29, 0.717) is 25.6 Å². The van der Waals surface area contributed by atoms with Crippen LogP contribution in [0, 0.1) is 5.82 Å². The van der Waals surface area contributed by atoms with E-state index in [1.54, 1.807) is 4.90 Å². The number of β-amino-alcohol motifs (C(OH)–C–C–N with tert-alkyl or cyclic N) is 1. The highest BCUT2D eigenvalue weighted by molar-refractivity contribution is 5.30. The van der Waals surface area contributed by atoms with Crippen LogP contribution < -0.4 is 0 Å². The van der Waals surface area contributed by atoms with Crippen molar-refractivity contribution in [2.45, 2.75) is 25.2 Å². The number of alkyl halides is 3. The molecule has 0 saturated carbocycles. The van der Waals surface area contributed by atoms with Crippen molar-refractivity contribution in [2.75, 3.05) is 13.1 Å². The normalized spacial score (nSPS) is 21.5. The van der Waals surface area contributed by atoms with Gasteiger partial charge in [0.1, 0.15) is 5.82 Å². The van der Waals surface area contributed by atoms with E-state index in [1.165, 1.54) is 0 Å². The fraction of sp³-hybridized carbons (Fsp3) is 0.500. The molecule has 0 spiro atoms. The van der Waals surface area contributed by atoms with Crippen molar-refractivity contribution >= 4 is 0 Å². The van der Waals surface area contributed by atoms with Gasteiger partial charge in [-0.1, -0.05) is 6.07 Å². The predicted octanol–water partition coefficient (Wildman–Crippen LogP) is 2.41. The van der Waals surface area contributed by atoms with Crippen LogP contribution in [0.15, 0.2) is 18.2 Å². The molecule has 0 radical (unpaired) electrons. The molecule has 1 aliphatic rings. The van der Waals surface area contributed by atoms with Gasteiger partial charge in [0.05, 0.1) is 11.7 Å². The predicted molar refractivity (Wildman–Crippen MR) is 57.3 cm³/mol. The van der Waals surface area contributed by atoms with E-state index in [2.05, 4.69) is 0 Å². The lowest BCUT2D eigenvalue weighted by Crippen LogP contribution is -2.23. The Labute approximate surface area is 102 Å². The lowest BCUT2D eigenvalue weighted by Gasteiger charge is -2.19. The van der Waals surface area contributed by atoms with E-state index in [-0.39, 0.29) is 12.1 Å². The Morgan fingerprint density at radius 1 is 1.33 bits per heavy atom. The number of hydrogen-bond donors (Lipinski definition) is 1. The molecule has 1 atom stereocenters. The summed E-state index contributed by atoms with van der Waals surface area (Å²) in [6.07, 6.45) is -4.49. The zero-order valence-electron chi connectivity index (χ0n) is 9.54. The number of aliphatic hydroxyl groups is 1. The molecule has 2 nitrogen and oxygen atoms in total. The van der Waals surface area contributed by atoms with Crippen LogP contribution in [0.5, 0.6) is 0 Å². The van der Waals surface area contributed by atoms with Gasteiger partial charge in [-0.25, -0.2) is 4.39 Å². The Kier molecular flexibility index (Phi) is 3.59. The molecule has 0 bridgehead atoms. The Morgan fingerprint density at radius 2 is 2.06 bits per heavy atom. The van der Waals surface area contributed by atoms with E-state index in [4.69, 9.17) is 0 Å². The van der Waals surface area contributed by atoms with E-state index in [9.17, 15) is 22.7 Å². The largest absolute Gasteiger partial charge is 0.416 e. The van der Waals surface area contributed by atoms with Gasteiger partial charge < -0.3 is 5.11 Å². The van der Waals surface area contributed by atoms with Gasteiger partial charge in [-0.2, -0.15) is 13.2 Å². The molecule has 0 amide bonds. The standard InChI is InChI=1S/C12H13F4NO/c13-9-2-1-8(11(5-9)12(14,15)16)6-17-4-3-10(18)7-17/h1-2,5,10,18H,3-4,6-7H2. The average Bonchev–Trinajstić information content (AvgIpc) is 2.65. The van der Waals surface area contributed by atoms with Gasteiger partial charge in [-0.3, -0.25) is 4.90 Å². The number of hydrogen-bond acceptors (Lipinski definition) is 2. The second-order valence-electron chi connectivity index (χ2n) is 4.48. The molecule has 1 aliphatic heterocycles. The molecular formula is C12H13F4NO. The summed E-state index contributed by atoms with van der Waals surface area (Å²) >= 11 is 0. The van der Waals surface area contributed by atoms with E-state index >= 15 is 0 Å². The Bertz CT molecular complexity index is 433. The van der Waals surface area contributed by atoms with E-state index in [0.717, 1.165) is 12.1 Å². The summed E-state index contributed by atoms with van der Waals surface area (Å²) < 4.78 is 51.1. The van der Waals surface area contributed by atoms with Crippen LogP contribution in [0.1, 0.15) is 17.5 Å². The van der Waals surface area contributed by atoms with Crippen LogP contribution in [0.2, 0.25) is 0 Å². The first-order valence-electron chi connectivity index (χ1n) is 5.62. The van der Waals surface area contributed by atoms with Crippen molar-refractivity contribution in [1.82, 2.24) is 4.90 Å². The second kappa shape index (κ2) is 4.85. The smallest absolute Gasteiger partial charge is 0.392 e. The highest BCUT2D eigenvalue weighted by Gasteiger charge is 2.34. The highest BCUT2D eigenvalue weighted by Crippen LogP contribution is 2.33. The third-order valence-electron chi connectivity index (χ3n) is 3.02. The zero-order chi connectivity index (χ0) is 13.3. The average molecular weight is 263 g/mol. The van der Waals surface area contributed by atoms with Crippen LogP contribution in [-0.4, -0.2) is 29.2 Å². The molecule has 1 unspecified atom stereocenters. The summed E-state index contributed by atoms with van der Waals surface area (Å²) in [6.45, 7) is 0.983. The third kappa shape index (κ3) is 3.00. The first-order chi connectivity index (χ1) is 8.36. The van der Waals surface area contributed by atoms with Crippen molar-refractivity contribution in [3.05, 3.63) is 35.1 Å². The van der Waals surface area contributed by atoms with Crippen molar-refractivity contribution in [3.63, 3.8) is 0 Å². The fourth-order valence-electron chi connectivity index (χ4n) is 2.15. The number of halogens is 4. The molecule has 1 fully saturated rings. The molecule has 1 saturated heterocycles. The molecule has 100 valence electrons. The second-order valence-corrected chi connectivity index (χ2v) is 4.48. The van der Waals surface area contributed by atoms with E-state index in [1.807, 2.05) is 0 Å². The van der Waals surface area contributed by atoms with Gasteiger partial charge in [0, 0.05) is 19.6 Å². The fourth-order valence-corrected chi connectivity index (χ4v) is 2.15. The number of likely N-dealkylation sites (tertiary alicyclic amines) is 1. The summed E-state index contributed by atoms with van der Waals surface area (Å²) in [6, 6.07) is 2.70. The topological polar surface area (TPSA) is 23.5 Å². The Balaban J connectivity index is 2.22. The van der Waals surface area contributed by atoms with Crippen molar-refractivity contribution in [2.24, 2.45) is 0 Å². The molecule has 2 rings (SSSR count). The summed E-state index contributed by atoms with van der Waals surface area (Å²) in [5, 5.41) is 9.33. The monoisotopic (exact) mass is 263 g/mol. The van der Waals surface area contributed by atoms with Gasteiger partial charge in [-0.15, -0.1) is 0 Å². The van der Waals surface area contributed by atoms with E-state index < -0.39 is 23.7 Å². The first-order valence-corrected chi connectivity index (χ1v) is 5.62. The van der Waals surface area contributed by atoms with Crippen LogP contribution in [0.4, 0.5) is 17.6 Å². The maximum absolute atomic E-state index is 12.9. The zero-order valence-corrected chi connectivity index (χ0v) is 9.54. The SMILES string of the molecule is OC1CCN(Cc2ccc(F)cc2C(F)(F)F)C1. The molecule has 18 heavy (non-hydrogen) atoms. The van der Waals surface area contributed by atoms with Gasteiger partial charge in [0.25, 0.3) is 0 Å². The third-order valence-corrected chi connectivity index (χ3v) is 3.02. The van der Waals surface area contributed by atoms with Gasteiger partial charge >= 0.3 is 6.18 Å². The molecule has 1 aromatic rings. The lowest BCUT2D eigenvalue weighted by molar-refractivity contribution is -0.138. The van der Waals surface area contributed by atoms with Gasteiger partial charge in [0.2, 0.25) is 0 Å². The quantitative estimate of drug-likeness (QED) is 0.828. The molecular weight excluding hydrogens is 250 g/mol. The summed E-state index contributed by atoms with van der Waals surface area (Å²) in [5.74, 6) is -0.896. The Morgan fingerprint density at radius 3 is 2.61 bits per heavy atom. The molecule has 1 heterocycles. The number of rotatable bonds is 2. The minimum absolute atomic E-state index is 0.0398. The number of nitrogens with zero attached hydrogens (tertiary/aromatic N) is 1. The maximum atomic E-state index is 12.9. The Hall–Kier alpha value is -1.14. The molecule has 1 N–H and O–H groups in total. The first kappa shape index (κ1) is 13.3. The van der Waals surface area contributed by atoms with Crippen LogP contribution in [0.3, 0.4) is 0 Å². The number of benzene rings is 1. The molecule has 0 aliphatic carbocycles. The minimum atomic E-state index is -4.56. The lowest BCUT2D eigenvalue weighted by atomic mass is 10.1. The van der Waals surface area contributed by atoms with Gasteiger partial charge in [0.15, 0.2) is 0 Å². The van der Waals surface area contributed by atoms with Crippen molar-refractivity contribution < 1.29 is 22.7 Å². The maximum Gasteiger partial charge on any atom is 0.416 e. The summed E-state index contributed by atoms with van der Waals surface area (Å²) in [5.41, 5.74) is -0.901. The van der Waals surface area contributed by atoms with Gasteiger partial charge in [-0.05, 0) is 24.1 Å². The van der Waals surface area contributed by atoms with Crippen molar-refractivity contribution in [1.29, 1.82) is 0 Å². The van der Waals surface area contributed by atoms with Crippen LogP contribution in [-0.2, 0) is 12.7 Å². The van der Waals surface area contributed by atoms with Crippen LogP contribution in [0.25, 0.3) is 0 Å². The molecule has 1 aromatic carbocycles. The summed E-state index contributed by atoms with van der Waals surface area (Å²) in [4.78, 5) is 1.73. The van der Waals surface area contributed by atoms with Crippen molar-refractivity contribution in [3.8, 4) is 0 Å². The van der Waals surface area contributed by atoms with Crippen LogP contribution >= 0.6 is 0 Å². The minimum Gasteiger partial charge on any atom is -0.392 e. The number of aliphatic hydroxyl groups excluding tert-OH is 1. The highest BCUT2D eigenvalue weighted by atomic mass is 19.4. The summed E-state index contributed by atoms with van der Waals surface area (Å²) in [7, 11) is 0. The molecule has 6 heteroatoms.